The first-order valence-corrected chi connectivity index (χ1v) is 9.91. The molecular weight excluding hydrogens is 428 g/mol. The molecule has 3 heterocycles. The van der Waals surface area contributed by atoms with Crippen molar-refractivity contribution in [2.45, 2.75) is 6.42 Å². The lowest BCUT2D eigenvalue weighted by Crippen LogP contribution is -2.16. The second-order valence-corrected chi connectivity index (χ2v) is 7.63. The highest BCUT2D eigenvalue weighted by molar-refractivity contribution is 7.14. The SMILES string of the molecule is NC(=O)Oc1ccc2c(c1)OCCc1sc(-n3ncnc3-c3ccc(F)cc3F)nc1-2. The number of fused-ring (bicyclic) bond motifs is 3. The maximum Gasteiger partial charge on any atom is 0.409 e. The van der Waals surface area contributed by atoms with E-state index in [1.54, 1.807) is 18.2 Å². The number of ether oxygens (including phenoxy) is 2. The lowest BCUT2D eigenvalue weighted by Gasteiger charge is -2.09. The Labute approximate surface area is 177 Å². The van der Waals surface area contributed by atoms with Gasteiger partial charge < -0.3 is 15.2 Å². The fourth-order valence-electron chi connectivity index (χ4n) is 3.30. The van der Waals surface area contributed by atoms with Crippen LogP contribution in [0.5, 0.6) is 11.5 Å². The van der Waals surface area contributed by atoms with Gasteiger partial charge in [0.15, 0.2) is 5.82 Å². The third kappa shape index (κ3) is 3.48. The summed E-state index contributed by atoms with van der Waals surface area (Å²) in [4.78, 5) is 20.8. The molecule has 5 rings (SSSR count). The number of halogens is 2. The molecule has 0 bridgehead atoms. The number of primary amides is 1. The molecule has 31 heavy (non-hydrogen) atoms. The van der Waals surface area contributed by atoms with Gasteiger partial charge in [-0.15, -0.1) is 0 Å². The Morgan fingerprint density at radius 3 is 2.84 bits per heavy atom. The van der Waals surface area contributed by atoms with Gasteiger partial charge >= 0.3 is 6.09 Å². The van der Waals surface area contributed by atoms with Crippen molar-refractivity contribution < 1.29 is 23.0 Å². The number of carbonyl (C=O) groups is 1. The van der Waals surface area contributed by atoms with Crippen molar-refractivity contribution in [1.29, 1.82) is 0 Å². The van der Waals surface area contributed by atoms with Crippen molar-refractivity contribution in [3.8, 4) is 39.3 Å². The van der Waals surface area contributed by atoms with E-state index in [4.69, 9.17) is 15.2 Å². The number of carbonyl (C=O) groups excluding carboxylic acids is 1. The van der Waals surface area contributed by atoms with Crippen molar-refractivity contribution in [3.63, 3.8) is 0 Å². The molecule has 8 nitrogen and oxygen atoms in total. The van der Waals surface area contributed by atoms with Crippen LogP contribution in [0, 0.1) is 11.6 Å². The molecule has 0 spiro atoms. The molecule has 156 valence electrons. The van der Waals surface area contributed by atoms with Crippen LogP contribution in [0.25, 0.3) is 27.8 Å². The van der Waals surface area contributed by atoms with Crippen LogP contribution in [-0.4, -0.2) is 32.4 Å². The summed E-state index contributed by atoms with van der Waals surface area (Å²) >= 11 is 1.37. The smallest absolute Gasteiger partial charge is 0.409 e. The number of amides is 1. The van der Waals surface area contributed by atoms with Gasteiger partial charge in [-0.25, -0.2) is 23.5 Å². The van der Waals surface area contributed by atoms with E-state index in [1.165, 1.54) is 28.4 Å². The molecule has 1 amide bonds. The van der Waals surface area contributed by atoms with Gasteiger partial charge in [0.2, 0.25) is 5.13 Å². The molecule has 2 N–H and O–H groups in total. The normalized spacial score (nSPS) is 12.5. The highest BCUT2D eigenvalue weighted by atomic mass is 32.1. The van der Waals surface area contributed by atoms with Crippen LogP contribution in [-0.2, 0) is 6.42 Å². The quantitative estimate of drug-likeness (QED) is 0.519. The van der Waals surface area contributed by atoms with Gasteiger partial charge in [0.1, 0.15) is 29.5 Å². The summed E-state index contributed by atoms with van der Waals surface area (Å²) < 4.78 is 39.7. The molecule has 2 aromatic carbocycles. The summed E-state index contributed by atoms with van der Waals surface area (Å²) in [5.41, 5.74) is 6.57. The van der Waals surface area contributed by atoms with Crippen LogP contribution in [0.2, 0.25) is 0 Å². The maximum atomic E-state index is 14.3. The lowest BCUT2D eigenvalue weighted by atomic mass is 10.1. The standard InChI is InChI=1S/C20H13F2N5O3S/c21-10-1-3-12(14(22)7-10)18-24-9-25-27(18)20-26-17-13-4-2-11(30-19(23)28)8-15(13)29-6-5-16(17)31-20/h1-4,7-9H,5-6H2,(H2,23,28). The Balaban J connectivity index is 1.58. The van der Waals surface area contributed by atoms with E-state index in [-0.39, 0.29) is 17.1 Å². The molecular formula is C20H13F2N5O3S. The zero-order chi connectivity index (χ0) is 21.5. The predicted molar refractivity (Wildman–Crippen MR) is 107 cm³/mol. The Hall–Kier alpha value is -3.86. The molecule has 0 radical (unpaired) electrons. The zero-order valence-electron chi connectivity index (χ0n) is 15.7. The van der Waals surface area contributed by atoms with Crippen LogP contribution in [0.1, 0.15) is 4.88 Å². The van der Waals surface area contributed by atoms with Crippen LogP contribution in [0.15, 0.2) is 42.7 Å². The molecule has 0 saturated carbocycles. The third-order valence-electron chi connectivity index (χ3n) is 4.60. The zero-order valence-corrected chi connectivity index (χ0v) is 16.5. The van der Waals surface area contributed by atoms with Gasteiger partial charge in [0.25, 0.3) is 0 Å². The summed E-state index contributed by atoms with van der Waals surface area (Å²) in [5.74, 6) is -0.450. The van der Waals surface area contributed by atoms with E-state index in [0.29, 0.717) is 35.2 Å². The van der Waals surface area contributed by atoms with Gasteiger partial charge in [-0.1, -0.05) is 11.3 Å². The molecule has 4 aromatic rings. The number of benzene rings is 2. The van der Waals surface area contributed by atoms with Gasteiger partial charge in [0.05, 0.1) is 17.9 Å². The summed E-state index contributed by atoms with van der Waals surface area (Å²) in [6.07, 6.45) is 0.953. The highest BCUT2D eigenvalue weighted by Crippen LogP contribution is 2.40. The molecule has 0 saturated heterocycles. The van der Waals surface area contributed by atoms with Crippen molar-refractivity contribution in [2.24, 2.45) is 5.73 Å². The number of hydrogen-bond donors (Lipinski definition) is 1. The molecule has 11 heteroatoms. The van der Waals surface area contributed by atoms with Crippen LogP contribution >= 0.6 is 11.3 Å². The van der Waals surface area contributed by atoms with Gasteiger partial charge in [-0.2, -0.15) is 9.78 Å². The molecule has 1 aliphatic rings. The second-order valence-electron chi connectivity index (χ2n) is 6.57. The molecule has 0 fully saturated rings. The molecule has 0 unspecified atom stereocenters. The number of nitrogens with zero attached hydrogens (tertiary/aromatic N) is 4. The Morgan fingerprint density at radius 2 is 2.03 bits per heavy atom. The third-order valence-corrected chi connectivity index (χ3v) is 5.69. The first-order valence-electron chi connectivity index (χ1n) is 9.09. The average molecular weight is 441 g/mol. The van der Waals surface area contributed by atoms with E-state index in [1.807, 2.05) is 0 Å². The van der Waals surface area contributed by atoms with E-state index >= 15 is 0 Å². The van der Waals surface area contributed by atoms with Crippen molar-refractivity contribution in [2.75, 3.05) is 6.61 Å². The Morgan fingerprint density at radius 1 is 1.19 bits per heavy atom. The monoisotopic (exact) mass is 441 g/mol. The average Bonchev–Trinajstić information content (AvgIpc) is 3.32. The van der Waals surface area contributed by atoms with Gasteiger partial charge in [-0.3, -0.25) is 0 Å². The van der Waals surface area contributed by atoms with Gasteiger partial charge in [-0.05, 0) is 24.3 Å². The van der Waals surface area contributed by atoms with Crippen LogP contribution in [0.4, 0.5) is 13.6 Å². The number of aromatic nitrogens is 4. The first kappa shape index (κ1) is 19.1. The lowest BCUT2D eigenvalue weighted by molar-refractivity contribution is 0.210. The second kappa shape index (κ2) is 7.43. The minimum atomic E-state index is -0.919. The summed E-state index contributed by atoms with van der Waals surface area (Å²) in [6, 6.07) is 8.16. The summed E-state index contributed by atoms with van der Waals surface area (Å²) in [5, 5.41) is 4.66. The molecule has 0 aliphatic carbocycles. The fourth-order valence-corrected chi connectivity index (χ4v) is 4.31. The number of thiazole rings is 1. The van der Waals surface area contributed by atoms with E-state index in [9.17, 15) is 13.6 Å². The van der Waals surface area contributed by atoms with Crippen molar-refractivity contribution in [1.82, 2.24) is 19.7 Å². The maximum absolute atomic E-state index is 14.3. The van der Waals surface area contributed by atoms with E-state index in [0.717, 1.165) is 17.0 Å². The summed E-state index contributed by atoms with van der Waals surface area (Å²) in [6.45, 7) is 0.387. The Kier molecular flexibility index (Phi) is 4.59. The summed E-state index contributed by atoms with van der Waals surface area (Å²) in [7, 11) is 0. The minimum absolute atomic E-state index is 0.112. The molecule has 2 aromatic heterocycles. The van der Waals surface area contributed by atoms with Crippen molar-refractivity contribution in [3.05, 3.63) is 59.2 Å². The molecule has 0 atom stereocenters. The minimum Gasteiger partial charge on any atom is -0.492 e. The van der Waals surface area contributed by atoms with E-state index in [2.05, 4.69) is 15.1 Å². The Bertz CT molecular complexity index is 1320. The molecule has 1 aliphatic heterocycles. The number of hydrogen-bond acceptors (Lipinski definition) is 7. The van der Waals surface area contributed by atoms with Crippen LogP contribution < -0.4 is 15.2 Å². The largest absolute Gasteiger partial charge is 0.492 e. The van der Waals surface area contributed by atoms with Crippen LogP contribution in [0.3, 0.4) is 0 Å². The fraction of sp³-hybridized carbons (Fsp3) is 0.100. The van der Waals surface area contributed by atoms with Gasteiger partial charge in [0, 0.05) is 29.0 Å². The van der Waals surface area contributed by atoms with Crippen molar-refractivity contribution >= 4 is 17.4 Å². The number of rotatable bonds is 3. The predicted octanol–water partition coefficient (Wildman–Crippen LogP) is 3.73. The van der Waals surface area contributed by atoms with E-state index < -0.39 is 17.7 Å². The number of nitrogens with two attached hydrogens (primary N) is 1. The topological polar surface area (TPSA) is 105 Å². The first-order chi connectivity index (χ1) is 15.0. The highest BCUT2D eigenvalue weighted by Gasteiger charge is 2.24.